The first-order valence-corrected chi connectivity index (χ1v) is 8.26. The molecule has 1 aromatic rings. The van der Waals surface area contributed by atoms with Crippen molar-refractivity contribution < 1.29 is 17.9 Å². The smallest absolute Gasteiger partial charge is 0.406 e. The van der Waals surface area contributed by atoms with Gasteiger partial charge in [0.25, 0.3) is 0 Å². The summed E-state index contributed by atoms with van der Waals surface area (Å²) in [6, 6.07) is 6.20. The Morgan fingerprint density at radius 1 is 1.24 bits per heavy atom. The van der Waals surface area contributed by atoms with Crippen LogP contribution in [0.4, 0.5) is 13.2 Å². The zero-order valence-electron chi connectivity index (χ0n) is 12.0. The van der Waals surface area contributed by atoms with E-state index in [0.717, 1.165) is 12.1 Å². The van der Waals surface area contributed by atoms with Crippen molar-refractivity contribution in [2.24, 2.45) is 5.92 Å². The van der Waals surface area contributed by atoms with Crippen LogP contribution < -0.4 is 10.1 Å². The van der Waals surface area contributed by atoms with Gasteiger partial charge in [-0.2, -0.15) is 11.8 Å². The first kappa shape index (κ1) is 16.5. The van der Waals surface area contributed by atoms with Crippen LogP contribution in [0.3, 0.4) is 0 Å². The Morgan fingerprint density at radius 2 is 1.86 bits per heavy atom. The highest BCUT2D eigenvalue weighted by atomic mass is 32.2. The van der Waals surface area contributed by atoms with Gasteiger partial charge in [0.2, 0.25) is 0 Å². The number of thioether (sulfide) groups is 1. The lowest BCUT2D eigenvalue weighted by Gasteiger charge is -2.24. The van der Waals surface area contributed by atoms with Crippen LogP contribution in [0.5, 0.6) is 5.75 Å². The third-order valence-electron chi connectivity index (χ3n) is 3.67. The summed E-state index contributed by atoms with van der Waals surface area (Å²) in [5, 5.41) is 3.46. The van der Waals surface area contributed by atoms with Gasteiger partial charge in [-0.1, -0.05) is 12.1 Å². The van der Waals surface area contributed by atoms with Crippen molar-refractivity contribution in [3.8, 4) is 5.75 Å². The minimum atomic E-state index is -4.63. The predicted molar refractivity (Wildman–Crippen MR) is 79.6 cm³/mol. The van der Waals surface area contributed by atoms with Gasteiger partial charge in [0.1, 0.15) is 5.75 Å². The van der Waals surface area contributed by atoms with E-state index < -0.39 is 6.36 Å². The number of ether oxygens (including phenoxy) is 1. The molecule has 0 amide bonds. The van der Waals surface area contributed by atoms with Gasteiger partial charge in [0, 0.05) is 6.04 Å². The highest BCUT2D eigenvalue weighted by Crippen LogP contribution is 2.25. The fourth-order valence-electron chi connectivity index (χ4n) is 2.37. The molecule has 0 saturated carbocycles. The van der Waals surface area contributed by atoms with Gasteiger partial charge in [0.05, 0.1) is 0 Å². The Kier molecular flexibility index (Phi) is 5.81. The Labute approximate surface area is 127 Å². The van der Waals surface area contributed by atoms with Gasteiger partial charge < -0.3 is 10.1 Å². The fourth-order valence-corrected chi connectivity index (χ4v) is 3.57. The van der Waals surface area contributed by atoms with Crippen LogP contribution in [0.25, 0.3) is 0 Å². The van der Waals surface area contributed by atoms with E-state index in [1.54, 1.807) is 12.1 Å². The van der Waals surface area contributed by atoms with Crippen LogP contribution in [0.1, 0.15) is 31.4 Å². The molecule has 21 heavy (non-hydrogen) atoms. The maximum absolute atomic E-state index is 12.1. The van der Waals surface area contributed by atoms with Crippen molar-refractivity contribution in [2.75, 3.05) is 18.1 Å². The summed E-state index contributed by atoms with van der Waals surface area (Å²) in [6.45, 7) is 2.99. The summed E-state index contributed by atoms with van der Waals surface area (Å²) in [5.41, 5.74) is 0.967. The van der Waals surface area contributed by atoms with Gasteiger partial charge in [-0.25, -0.2) is 0 Å². The summed E-state index contributed by atoms with van der Waals surface area (Å²) in [4.78, 5) is 0. The molecule has 0 aliphatic carbocycles. The standard InChI is InChI=1S/C15H20F3NOS/c1-11(19-10-12-6-8-21-9-7-12)13-2-4-14(5-3-13)20-15(16,17)18/h2-5,11-12,19H,6-10H2,1H3. The molecule has 1 aliphatic rings. The van der Waals surface area contributed by atoms with E-state index >= 15 is 0 Å². The van der Waals surface area contributed by atoms with Crippen molar-refractivity contribution in [3.63, 3.8) is 0 Å². The Hall–Kier alpha value is -0.880. The van der Waals surface area contributed by atoms with Gasteiger partial charge in [-0.15, -0.1) is 13.2 Å². The molecule has 2 nitrogen and oxygen atoms in total. The molecule has 1 unspecified atom stereocenters. The Morgan fingerprint density at radius 3 is 2.43 bits per heavy atom. The second kappa shape index (κ2) is 7.40. The van der Waals surface area contributed by atoms with Crippen LogP contribution in [-0.2, 0) is 0 Å². The lowest BCUT2D eigenvalue weighted by atomic mass is 10.0. The lowest BCUT2D eigenvalue weighted by Crippen LogP contribution is -2.28. The van der Waals surface area contributed by atoms with Crippen LogP contribution in [0.2, 0.25) is 0 Å². The van der Waals surface area contributed by atoms with E-state index in [1.165, 1.54) is 36.5 Å². The Balaban J connectivity index is 1.83. The summed E-state index contributed by atoms with van der Waals surface area (Å²) >= 11 is 2.00. The third kappa shape index (κ3) is 5.79. The van der Waals surface area contributed by atoms with E-state index in [4.69, 9.17) is 0 Å². The molecule has 0 bridgehead atoms. The normalized spacial score (nSPS) is 18.5. The SMILES string of the molecule is CC(NCC1CCSCC1)c1ccc(OC(F)(F)F)cc1. The van der Waals surface area contributed by atoms with Gasteiger partial charge >= 0.3 is 6.36 Å². The second-order valence-electron chi connectivity index (χ2n) is 5.30. The zero-order chi connectivity index (χ0) is 15.3. The minimum Gasteiger partial charge on any atom is -0.406 e. The van der Waals surface area contributed by atoms with Gasteiger partial charge in [-0.3, -0.25) is 0 Å². The number of hydrogen-bond donors (Lipinski definition) is 1. The molecule has 0 spiro atoms. The quantitative estimate of drug-likeness (QED) is 0.870. The van der Waals surface area contributed by atoms with E-state index in [2.05, 4.69) is 10.1 Å². The molecular weight excluding hydrogens is 299 g/mol. The fraction of sp³-hybridized carbons (Fsp3) is 0.600. The minimum absolute atomic E-state index is 0.125. The first-order chi connectivity index (χ1) is 9.94. The number of benzene rings is 1. The number of rotatable bonds is 5. The summed E-state index contributed by atoms with van der Waals surface area (Å²) in [6.07, 6.45) is -2.16. The van der Waals surface area contributed by atoms with Crippen LogP contribution in [-0.4, -0.2) is 24.4 Å². The maximum Gasteiger partial charge on any atom is 0.573 e. The highest BCUT2D eigenvalue weighted by Gasteiger charge is 2.31. The molecule has 1 N–H and O–H groups in total. The second-order valence-corrected chi connectivity index (χ2v) is 6.53. The topological polar surface area (TPSA) is 21.3 Å². The molecule has 2 rings (SSSR count). The maximum atomic E-state index is 12.1. The largest absolute Gasteiger partial charge is 0.573 e. The lowest BCUT2D eigenvalue weighted by molar-refractivity contribution is -0.274. The summed E-state index contributed by atoms with van der Waals surface area (Å²) in [5.74, 6) is 2.98. The average molecular weight is 319 g/mol. The molecule has 1 atom stereocenters. The molecule has 0 radical (unpaired) electrons. The van der Waals surface area contributed by atoms with E-state index in [9.17, 15) is 13.2 Å². The van der Waals surface area contributed by atoms with Crippen molar-refractivity contribution >= 4 is 11.8 Å². The molecule has 118 valence electrons. The predicted octanol–water partition coefficient (Wildman–Crippen LogP) is 4.38. The highest BCUT2D eigenvalue weighted by molar-refractivity contribution is 7.99. The van der Waals surface area contributed by atoms with Gasteiger partial charge in [-0.05, 0) is 61.4 Å². The first-order valence-electron chi connectivity index (χ1n) is 7.11. The van der Waals surface area contributed by atoms with E-state index in [-0.39, 0.29) is 11.8 Å². The molecule has 0 aromatic heterocycles. The molecule has 1 saturated heterocycles. The molecule has 1 heterocycles. The van der Waals surface area contributed by atoms with Crippen LogP contribution in [0.15, 0.2) is 24.3 Å². The third-order valence-corrected chi connectivity index (χ3v) is 4.72. The van der Waals surface area contributed by atoms with Crippen LogP contribution in [0, 0.1) is 5.92 Å². The molecule has 1 fully saturated rings. The number of halogens is 3. The van der Waals surface area contributed by atoms with Crippen molar-refractivity contribution in [1.82, 2.24) is 5.32 Å². The number of hydrogen-bond acceptors (Lipinski definition) is 3. The van der Waals surface area contributed by atoms with Gasteiger partial charge in [0.15, 0.2) is 0 Å². The van der Waals surface area contributed by atoms with Crippen molar-refractivity contribution in [1.29, 1.82) is 0 Å². The number of alkyl halides is 3. The molecule has 1 aromatic carbocycles. The molecule has 1 aliphatic heterocycles. The van der Waals surface area contributed by atoms with E-state index in [0.29, 0.717) is 5.92 Å². The monoisotopic (exact) mass is 319 g/mol. The number of nitrogens with one attached hydrogen (secondary N) is 1. The average Bonchev–Trinajstić information content (AvgIpc) is 2.45. The molecule has 6 heteroatoms. The summed E-state index contributed by atoms with van der Waals surface area (Å²) < 4.78 is 40.1. The van der Waals surface area contributed by atoms with E-state index in [1.807, 2.05) is 18.7 Å². The summed E-state index contributed by atoms with van der Waals surface area (Å²) in [7, 11) is 0. The van der Waals surface area contributed by atoms with Crippen molar-refractivity contribution in [3.05, 3.63) is 29.8 Å². The van der Waals surface area contributed by atoms with Crippen molar-refractivity contribution in [2.45, 2.75) is 32.2 Å². The van der Waals surface area contributed by atoms with Crippen LogP contribution >= 0.6 is 11.8 Å². The molecular formula is C15H20F3NOS. The zero-order valence-corrected chi connectivity index (χ0v) is 12.8. The Bertz CT molecular complexity index is 430.